The molecule has 29 atom stereocenters. The molecular weight excluding hydrogens is 1050 g/mol. The Bertz CT molecular complexity index is 1900. The average Bonchev–Trinajstić information content (AvgIpc) is 3.77. The summed E-state index contributed by atoms with van der Waals surface area (Å²) in [6, 6.07) is 0. The first-order valence-electron chi connectivity index (χ1n) is 28.8. The van der Waals surface area contributed by atoms with E-state index in [4.69, 9.17) is 56.8 Å². The van der Waals surface area contributed by atoms with Crippen LogP contribution in [0.2, 0.25) is 0 Å². The summed E-state index contributed by atoms with van der Waals surface area (Å²) in [6.07, 6.45) is -25.0. The van der Waals surface area contributed by atoms with E-state index in [2.05, 4.69) is 10.6 Å². The van der Waals surface area contributed by atoms with Gasteiger partial charge < -0.3 is 119 Å². The van der Waals surface area contributed by atoms with Crippen molar-refractivity contribution < 1.29 is 117 Å². The molecule has 26 nitrogen and oxygen atoms in total. The normalized spacial score (nSPS) is 48.5. The number of aliphatic hydroxyl groups excluding tert-OH is 10. The van der Waals surface area contributed by atoms with E-state index in [1.807, 2.05) is 13.8 Å². The molecule has 8 aliphatic rings. The van der Waals surface area contributed by atoms with Crippen LogP contribution in [0.5, 0.6) is 0 Å². The van der Waals surface area contributed by atoms with Crippen molar-refractivity contribution in [1.29, 1.82) is 0 Å². The van der Waals surface area contributed by atoms with Crippen molar-refractivity contribution in [3.63, 3.8) is 0 Å². The van der Waals surface area contributed by atoms with Gasteiger partial charge in [0.2, 0.25) is 11.8 Å². The molecule has 0 radical (unpaired) electrons. The number of carbonyl (C=O) groups excluding carboxylic acids is 2. The van der Waals surface area contributed by atoms with Gasteiger partial charge in [-0.2, -0.15) is 0 Å². The lowest BCUT2D eigenvalue weighted by molar-refractivity contribution is -0.353. The maximum atomic E-state index is 14.5. The summed E-state index contributed by atoms with van der Waals surface area (Å²) in [7, 11) is 1.48. The van der Waals surface area contributed by atoms with Crippen LogP contribution >= 0.6 is 0 Å². The van der Waals surface area contributed by atoms with Crippen molar-refractivity contribution in [3.8, 4) is 0 Å². The lowest BCUT2D eigenvalue weighted by Gasteiger charge is -2.49. The van der Waals surface area contributed by atoms with Gasteiger partial charge in [-0.25, -0.2) is 0 Å². The Labute approximate surface area is 460 Å². The number of carbonyl (C=O) groups is 2. The van der Waals surface area contributed by atoms with E-state index < -0.39 is 190 Å². The maximum absolute atomic E-state index is 14.5. The molecule has 6 saturated heterocycles. The van der Waals surface area contributed by atoms with Gasteiger partial charge in [-0.15, -0.1) is 0 Å². The second kappa shape index (κ2) is 28.8. The first-order valence-corrected chi connectivity index (χ1v) is 28.8. The van der Waals surface area contributed by atoms with E-state index in [-0.39, 0.29) is 44.4 Å². The number of aliphatic hydroxyl groups is 10. The lowest BCUT2D eigenvalue weighted by Crippen LogP contribution is -2.64. The highest BCUT2D eigenvalue weighted by atomic mass is 16.8. The van der Waals surface area contributed by atoms with Crippen LogP contribution in [0, 0.1) is 17.8 Å². The molecule has 2 aliphatic carbocycles. The van der Waals surface area contributed by atoms with Crippen molar-refractivity contribution in [2.75, 3.05) is 40.0 Å². The van der Waals surface area contributed by atoms with Gasteiger partial charge in [0.05, 0.1) is 49.8 Å². The molecule has 2 amide bonds. The van der Waals surface area contributed by atoms with E-state index in [1.165, 1.54) is 14.0 Å². The lowest BCUT2D eigenvalue weighted by atomic mass is 9.76. The molecule has 6 aliphatic heterocycles. The summed E-state index contributed by atoms with van der Waals surface area (Å²) < 4.78 is 76.0. The molecule has 0 spiro atoms. The Morgan fingerprint density at radius 3 is 1.47 bits per heavy atom. The van der Waals surface area contributed by atoms with E-state index in [0.29, 0.717) is 51.4 Å². The standard InChI is InChI=1S/C53H90N2O24/c1-6-26-12-11-15-28(43(26)79-51-41(65)39(63)35(59)25(4)71-51)74-52-47-45(37(61)33(22-57)76-52)73-31(14-8-10-19-69-47)49(67)55-20-27-16-17-29(42(23(27)2)78-50-40(64)38(62)34(58)24(3)70-50)75-53-46-44(36(60)32(21-56)77-53)72-30(48(66)54-5)13-7-9-18-68-46/h23-47,50-53,56-65H,6-22H2,1-5H3,(H,54,66)(H,55,67). The molecule has 8 fully saturated rings. The average molecular weight is 1140 g/mol. The summed E-state index contributed by atoms with van der Waals surface area (Å²) >= 11 is 0. The van der Waals surface area contributed by atoms with Crippen molar-refractivity contribution >= 4 is 11.8 Å². The van der Waals surface area contributed by atoms with Crippen LogP contribution in [0.1, 0.15) is 105 Å². The summed E-state index contributed by atoms with van der Waals surface area (Å²) in [5, 5.41) is 114. The van der Waals surface area contributed by atoms with Gasteiger partial charge in [0, 0.05) is 26.8 Å². The topological polar surface area (TPSA) is 371 Å². The summed E-state index contributed by atoms with van der Waals surface area (Å²) in [6.45, 7) is 6.22. The van der Waals surface area contributed by atoms with Gasteiger partial charge in [0.25, 0.3) is 0 Å². The highest BCUT2D eigenvalue weighted by Crippen LogP contribution is 2.41. The quantitative estimate of drug-likeness (QED) is 0.0783. The van der Waals surface area contributed by atoms with Gasteiger partial charge in [0.15, 0.2) is 25.2 Å². The molecular formula is C53H90N2O24. The summed E-state index contributed by atoms with van der Waals surface area (Å²) in [4.78, 5) is 27.4. The predicted octanol–water partition coefficient (Wildman–Crippen LogP) is -2.90. The van der Waals surface area contributed by atoms with E-state index in [9.17, 15) is 60.7 Å². The molecule has 12 N–H and O–H groups in total. The number of ether oxygens (including phenoxy) is 12. The number of nitrogens with one attached hydrogen (secondary N) is 2. The van der Waals surface area contributed by atoms with Gasteiger partial charge in [0.1, 0.15) is 97.7 Å². The summed E-state index contributed by atoms with van der Waals surface area (Å²) in [5.41, 5.74) is 0. The fourth-order valence-electron chi connectivity index (χ4n) is 12.6. The number of fused-ring (bicyclic) bond motifs is 2. The number of likely N-dealkylation sites (N-methyl/N-ethyl adjacent to an activating group) is 1. The minimum atomic E-state index is -1.67. The van der Waals surface area contributed by atoms with Crippen LogP contribution in [0.4, 0.5) is 0 Å². The SMILES string of the molecule is CCC1CCCC(OC2OC(CO)C(O)C3OC(C(=O)NCC4CCC(OC5OC(CO)C(O)C6OC(C(=O)NC)CCCCOC56)C(OC5OC(C)C(O)C(O)C5O)C4C)CCCCOC23)C1OC1OC(C)C(O)C(O)C1O. The van der Waals surface area contributed by atoms with E-state index in [1.54, 1.807) is 6.92 Å². The fourth-order valence-corrected chi connectivity index (χ4v) is 12.6. The molecule has 8 rings (SSSR count). The number of rotatable bonds is 15. The van der Waals surface area contributed by atoms with Gasteiger partial charge in [-0.3, -0.25) is 9.59 Å². The van der Waals surface area contributed by atoms with Crippen LogP contribution in [-0.2, 0) is 66.4 Å². The third-order valence-electron chi connectivity index (χ3n) is 17.6. The zero-order valence-electron chi connectivity index (χ0n) is 46.0. The Morgan fingerprint density at radius 1 is 0.481 bits per heavy atom. The Balaban J connectivity index is 0.976. The first kappa shape index (κ1) is 63.1. The molecule has 0 bridgehead atoms. The monoisotopic (exact) mass is 1140 g/mol. The minimum Gasteiger partial charge on any atom is -0.394 e. The van der Waals surface area contributed by atoms with Crippen molar-refractivity contribution in [3.05, 3.63) is 0 Å². The zero-order chi connectivity index (χ0) is 56.8. The third kappa shape index (κ3) is 14.4. The molecule has 2 saturated carbocycles. The van der Waals surface area contributed by atoms with Crippen molar-refractivity contribution in [2.24, 2.45) is 17.8 Å². The largest absolute Gasteiger partial charge is 0.394 e. The first-order chi connectivity index (χ1) is 37.9. The van der Waals surface area contributed by atoms with Crippen molar-refractivity contribution in [2.45, 2.75) is 264 Å². The zero-order valence-corrected chi connectivity index (χ0v) is 46.0. The molecule has 79 heavy (non-hydrogen) atoms. The molecule has 456 valence electrons. The van der Waals surface area contributed by atoms with Crippen LogP contribution < -0.4 is 10.6 Å². The molecule has 0 aromatic carbocycles. The number of amides is 2. The minimum absolute atomic E-state index is 0.0672. The highest BCUT2D eigenvalue weighted by Gasteiger charge is 2.55. The Hall–Kier alpha value is -1.94. The molecule has 26 heteroatoms. The molecule has 0 aromatic heterocycles. The number of hydrogen-bond donors (Lipinski definition) is 12. The third-order valence-corrected chi connectivity index (χ3v) is 17.6. The van der Waals surface area contributed by atoms with Gasteiger partial charge in [-0.05, 0) is 95.8 Å². The highest BCUT2D eigenvalue weighted by molar-refractivity contribution is 5.81. The predicted molar refractivity (Wildman–Crippen MR) is 269 cm³/mol. The molecule has 0 aromatic rings. The maximum Gasteiger partial charge on any atom is 0.249 e. The number of hydrogen-bond acceptors (Lipinski definition) is 24. The van der Waals surface area contributed by atoms with Gasteiger partial charge in [-0.1, -0.05) is 26.7 Å². The second-order valence-electron chi connectivity index (χ2n) is 22.8. The van der Waals surface area contributed by atoms with Crippen LogP contribution in [0.25, 0.3) is 0 Å². The van der Waals surface area contributed by atoms with E-state index >= 15 is 0 Å². The van der Waals surface area contributed by atoms with Crippen LogP contribution in [0.15, 0.2) is 0 Å². The molecule has 6 heterocycles. The van der Waals surface area contributed by atoms with E-state index in [0.717, 1.165) is 12.8 Å². The Morgan fingerprint density at radius 2 is 0.975 bits per heavy atom. The van der Waals surface area contributed by atoms with Gasteiger partial charge >= 0.3 is 0 Å². The smallest absolute Gasteiger partial charge is 0.249 e. The fraction of sp³-hybridized carbons (Fsp3) is 0.962. The van der Waals surface area contributed by atoms with Crippen molar-refractivity contribution in [1.82, 2.24) is 10.6 Å². The molecule has 29 unspecified atom stereocenters. The van der Waals surface area contributed by atoms with Crippen LogP contribution in [0.3, 0.4) is 0 Å². The summed E-state index contributed by atoms with van der Waals surface area (Å²) in [5.74, 6) is -1.75. The Kier molecular flexibility index (Phi) is 23.0. The van der Waals surface area contributed by atoms with Crippen LogP contribution in [-0.4, -0.2) is 262 Å². The second-order valence-corrected chi connectivity index (χ2v) is 22.8.